The summed E-state index contributed by atoms with van der Waals surface area (Å²) in [6, 6.07) is 0.862. The number of piperidine rings is 1. The molecule has 0 aromatic rings. The van der Waals surface area contributed by atoms with Crippen LogP contribution >= 0.6 is 12.4 Å². The molecule has 0 aromatic carbocycles. The van der Waals surface area contributed by atoms with E-state index in [1.165, 1.54) is 77.5 Å². The lowest BCUT2D eigenvalue weighted by atomic mass is 9.86. The topological polar surface area (TPSA) is 15.3 Å². The number of fused-ring (bicyclic) bond motifs is 1. The summed E-state index contributed by atoms with van der Waals surface area (Å²) in [5.41, 5.74) is 0. The number of likely N-dealkylation sites (tertiary alicyclic amines) is 1. The van der Waals surface area contributed by atoms with Crippen molar-refractivity contribution in [3.8, 4) is 0 Å². The molecule has 0 radical (unpaired) electrons. The Morgan fingerprint density at radius 2 is 1.83 bits per heavy atom. The van der Waals surface area contributed by atoms with E-state index in [9.17, 15) is 0 Å². The van der Waals surface area contributed by atoms with Crippen molar-refractivity contribution in [3.05, 3.63) is 0 Å². The van der Waals surface area contributed by atoms with Gasteiger partial charge in [-0.3, -0.25) is 0 Å². The van der Waals surface area contributed by atoms with Gasteiger partial charge in [0.25, 0.3) is 0 Å². The fourth-order valence-corrected chi connectivity index (χ4v) is 4.17. The van der Waals surface area contributed by atoms with Crippen LogP contribution in [0.1, 0.15) is 51.4 Å². The molecule has 2 atom stereocenters. The van der Waals surface area contributed by atoms with E-state index in [1.54, 1.807) is 0 Å². The Labute approximate surface area is 118 Å². The highest BCUT2D eigenvalue weighted by atomic mass is 35.5. The molecule has 0 aromatic heterocycles. The van der Waals surface area contributed by atoms with E-state index in [0.717, 1.165) is 17.9 Å². The Balaban J connectivity index is 0.00000120. The van der Waals surface area contributed by atoms with Crippen molar-refractivity contribution >= 4 is 12.4 Å². The Hall–Kier alpha value is 0.210. The highest BCUT2D eigenvalue weighted by Gasteiger charge is 2.32. The first-order valence-electron chi connectivity index (χ1n) is 7.87. The molecular formula is C15H29ClN2. The van der Waals surface area contributed by atoms with Crippen molar-refractivity contribution in [3.63, 3.8) is 0 Å². The summed E-state index contributed by atoms with van der Waals surface area (Å²) in [4.78, 5) is 2.75. The van der Waals surface area contributed by atoms with Crippen molar-refractivity contribution < 1.29 is 0 Å². The minimum absolute atomic E-state index is 0. The Kier molecular flexibility index (Phi) is 5.78. The number of nitrogens with zero attached hydrogens (tertiary/aromatic N) is 1. The minimum Gasteiger partial charge on any atom is -0.314 e. The molecule has 2 unspecified atom stereocenters. The van der Waals surface area contributed by atoms with Gasteiger partial charge in [0.1, 0.15) is 0 Å². The smallest absolute Gasteiger partial charge is 0.0120 e. The molecule has 2 saturated heterocycles. The summed E-state index contributed by atoms with van der Waals surface area (Å²) >= 11 is 0. The fraction of sp³-hybridized carbons (Fsp3) is 1.00. The molecule has 2 heterocycles. The average molecular weight is 273 g/mol. The normalized spacial score (nSPS) is 34.0. The second-order valence-electron chi connectivity index (χ2n) is 6.49. The number of halogens is 1. The van der Waals surface area contributed by atoms with Crippen molar-refractivity contribution in [1.82, 2.24) is 10.2 Å². The molecule has 3 aliphatic rings. The lowest BCUT2D eigenvalue weighted by Gasteiger charge is -2.35. The van der Waals surface area contributed by atoms with Gasteiger partial charge in [0.2, 0.25) is 0 Å². The Morgan fingerprint density at radius 1 is 1.00 bits per heavy atom. The van der Waals surface area contributed by atoms with Crippen LogP contribution in [0.25, 0.3) is 0 Å². The summed E-state index contributed by atoms with van der Waals surface area (Å²) in [5, 5.41) is 3.66. The van der Waals surface area contributed by atoms with Gasteiger partial charge < -0.3 is 10.2 Å². The van der Waals surface area contributed by atoms with Crippen LogP contribution in [0.5, 0.6) is 0 Å². The summed E-state index contributed by atoms with van der Waals surface area (Å²) in [6.45, 7) is 5.38. The highest BCUT2D eigenvalue weighted by Crippen LogP contribution is 2.28. The fourth-order valence-electron chi connectivity index (χ4n) is 4.17. The largest absolute Gasteiger partial charge is 0.314 e. The predicted octanol–water partition coefficient (Wildman–Crippen LogP) is 3.06. The van der Waals surface area contributed by atoms with Crippen LogP contribution in [0.3, 0.4) is 0 Å². The van der Waals surface area contributed by atoms with Crippen LogP contribution in [-0.2, 0) is 0 Å². The van der Waals surface area contributed by atoms with Gasteiger partial charge >= 0.3 is 0 Å². The van der Waals surface area contributed by atoms with Crippen LogP contribution in [0.15, 0.2) is 0 Å². The number of nitrogens with one attached hydrogen (secondary N) is 1. The van der Waals surface area contributed by atoms with Crippen molar-refractivity contribution in [1.29, 1.82) is 0 Å². The van der Waals surface area contributed by atoms with Crippen molar-refractivity contribution in [2.45, 2.75) is 57.4 Å². The maximum atomic E-state index is 3.66. The zero-order chi connectivity index (χ0) is 11.5. The summed E-state index contributed by atoms with van der Waals surface area (Å²) in [7, 11) is 0. The van der Waals surface area contributed by atoms with E-state index in [4.69, 9.17) is 0 Å². The molecule has 0 bridgehead atoms. The maximum absolute atomic E-state index is 3.66. The molecule has 2 aliphatic heterocycles. The third-order valence-electron chi connectivity index (χ3n) is 5.32. The van der Waals surface area contributed by atoms with Crippen LogP contribution in [-0.4, -0.2) is 37.1 Å². The van der Waals surface area contributed by atoms with Crippen LogP contribution < -0.4 is 5.32 Å². The maximum Gasteiger partial charge on any atom is 0.0120 e. The molecule has 1 saturated carbocycles. The second-order valence-corrected chi connectivity index (χ2v) is 6.49. The third kappa shape index (κ3) is 3.61. The van der Waals surface area contributed by atoms with E-state index in [0.29, 0.717) is 0 Å². The van der Waals surface area contributed by atoms with Gasteiger partial charge in [-0.2, -0.15) is 0 Å². The first kappa shape index (κ1) is 14.6. The summed E-state index contributed by atoms with van der Waals surface area (Å²) in [6.07, 6.45) is 11.8. The van der Waals surface area contributed by atoms with Gasteiger partial charge in [0, 0.05) is 12.6 Å². The minimum atomic E-state index is 0. The van der Waals surface area contributed by atoms with Crippen LogP contribution in [0.4, 0.5) is 0 Å². The van der Waals surface area contributed by atoms with Crippen LogP contribution in [0.2, 0.25) is 0 Å². The summed E-state index contributed by atoms with van der Waals surface area (Å²) in [5.74, 6) is 2.03. The first-order valence-corrected chi connectivity index (χ1v) is 7.87. The third-order valence-corrected chi connectivity index (χ3v) is 5.32. The Bertz CT molecular complexity index is 241. The molecule has 18 heavy (non-hydrogen) atoms. The average Bonchev–Trinajstić information content (AvgIpc) is 2.85. The standard InChI is InChI=1S/C15H28N2.ClH/c1-2-4-13(5-3-1)7-10-17-11-8-15-14(12-17)6-9-16-15;/h13-16H,1-12H2;1H. The van der Waals surface area contributed by atoms with Gasteiger partial charge in [-0.15, -0.1) is 12.4 Å². The monoisotopic (exact) mass is 272 g/mol. The molecule has 0 spiro atoms. The molecule has 1 N–H and O–H groups in total. The van der Waals surface area contributed by atoms with Crippen molar-refractivity contribution in [2.24, 2.45) is 11.8 Å². The zero-order valence-corrected chi connectivity index (χ0v) is 12.4. The van der Waals surface area contributed by atoms with Gasteiger partial charge in [-0.25, -0.2) is 0 Å². The highest BCUT2D eigenvalue weighted by molar-refractivity contribution is 5.85. The van der Waals surface area contributed by atoms with Crippen molar-refractivity contribution in [2.75, 3.05) is 26.2 Å². The molecule has 0 amide bonds. The quantitative estimate of drug-likeness (QED) is 0.850. The SMILES string of the molecule is C1CCC(CCN2CCC3NCCC3C2)CC1.Cl. The molecular weight excluding hydrogens is 244 g/mol. The predicted molar refractivity (Wildman–Crippen MR) is 79.4 cm³/mol. The number of hydrogen-bond acceptors (Lipinski definition) is 2. The van der Waals surface area contributed by atoms with E-state index >= 15 is 0 Å². The van der Waals surface area contributed by atoms with E-state index in [1.807, 2.05) is 0 Å². The van der Waals surface area contributed by atoms with Gasteiger partial charge in [-0.05, 0) is 50.7 Å². The van der Waals surface area contributed by atoms with E-state index in [2.05, 4.69) is 10.2 Å². The summed E-state index contributed by atoms with van der Waals surface area (Å²) < 4.78 is 0. The molecule has 3 heteroatoms. The molecule has 2 nitrogen and oxygen atoms in total. The molecule has 3 rings (SSSR count). The van der Waals surface area contributed by atoms with E-state index in [-0.39, 0.29) is 12.4 Å². The van der Waals surface area contributed by atoms with E-state index < -0.39 is 0 Å². The zero-order valence-electron chi connectivity index (χ0n) is 11.6. The van der Waals surface area contributed by atoms with Gasteiger partial charge in [0.15, 0.2) is 0 Å². The van der Waals surface area contributed by atoms with Gasteiger partial charge in [-0.1, -0.05) is 32.1 Å². The molecule has 1 aliphatic carbocycles. The number of rotatable bonds is 3. The molecule has 106 valence electrons. The second kappa shape index (κ2) is 7.12. The number of hydrogen-bond donors (Lipinski definition) is 1. The van der Waals surface area contributed by atoms with Gasteiger partial charge in [0.05, 0.1) is 0 Å². The van der Waals surface area contributed by atoms with Crippen LogP contribution in [0, 0.1) is 11.8 Å². The first-order chi connectivity index (χ1) is 8.42. The lowest BCUT2D eigenvalue weighted by Crippen LogP contribution is -2.44. The molecule has 3 fully saturated rings. The lowest BCUT2D eigenvalue weighted by molar-refractivity contribution is 0.149. The Morgan fingerprint density at radius 3 is 2.67 bits per heavy atom.